The van der Waals surface area contributed by atoms with E-state index in [4.69, 9.17) is 23.2 Å². The van der Waals surface area contributed by atoms with Gasteiger partial charge in [-0.15, -0.1) is 0 Å². The Morgan fingerprint density at radius 1 is 1.04 bits per heavy atom. The van der Waals surface area contributed by atoms with Crippen LogP contribution in [-0.4, -0.2) is 14.8 Å². The number of carbonyl (C=O) groups is 1. The van der Waals surface area contributed by atoms with Gasteiger partial charge in [-0.1, -0.05) is 11.6 Å². The molecular weight excluding hydrogens is 387 g/mol. The fourth-order valence-electron chi connectivity index (χ4n) is 2.28. The molecule has 3 aromatic rings. The van der Waals surface area contributed by atoms with E-state index in [9.17, 15) is 27.2 Å². The maximum atomic E-state index is 14.1. The summed E-state index contributed by atoms with van der Waals surface area (Å²) in [6.07, 6.45) is 0.723. The van der Waals surface area contributed by atoms with Crippen molar-refractivity contribution >= 4 is 39.5 Å². The number of benzene rings is 1. The van der Waals surface area contributed by atoms with Crippen molar-refractivity contribution in [1.29, 1.82) is 0 Å². The Morgan fingerprint density at radius 3 is 2.20 bits per heavy atom. The quantitative estimate of drug-likeness (QED) is 0.378. The van der Waals surface area contributed by atoms with E-state index >= 15 is 0 Å². The van der Waals surface area contributed by atoms with Gasteiger partial charge < -0.3 is 0 Å². The summed E-state index contributed by atoms with van der Waals surface area (Å²) in [4.78, 5) is 27.2. The minimum atomic E-state index is -1.35. The van der Waals surface area contributed by atoms with E-state index in [0.717, 1.165) is 6.20 Å². The molecule has 0 N–H and O–H groups in total. The second-order valence-electron chi connectivity index (χ2n) is 4.87. The second kappa shape index (κ2) is 6.12. The minimum absolute atomic E-state index is 0.385. The summed E-state index contributed by atoms with van der Waals surface area (Å²) >= 11 is 10.9. The molecule has 0 aliphatic carbocycles. The molecule has 4 nitrogen and oxygen atoms in total. The van der Waals surface area contributed by atoms with Gasteiger partial charge in [-0.3, -0.25) is 14.2 Å². The first kappa shape index (κ1) is 17.4. The van der Waals surface area contributed by atoms with Crippen LogP contribution in [0.15, 0.2) is 29.2 Å². The normalized spacial score (nSPS) is 11.1. The van der Waals surface area contributed by atoms with Crippen molar-refractivity contribution in [3.63, 3.8) is 0 Å². The van der Waals surface area contributed by atoms with Crippen LogP contribution in [-0.2, 0) is 0 Å². The third-order valence-electron chi connectivity index (χ3n) is 3.32. The predicted octanol–water partition coefficient (Wildman–Crippen LogP) is 3.97. The van der Waals surface area contributed by atoms with Crippen molar-refractivity contribution in [3.8, 4) is 5.69 Å². The lowest BCUT2D eigenvalue weighted by atomic mass is 10.2. The minimum Gasteiger partial charge on any atom is -0.295 e. The Labute approximate surface area is 146 Å². The molecule has 25 heavy (non-hydrogen) atoms. The van der Waals surface area contributed by atoms with E-state index in [1.807, 2.05) is 0 Å². The molecule has 0 atom stereocenters. The zero-order chi connectivity index (χ0) is 18.5. The Hall–Kier alpha value is -2.45. The molecule has 0 saturated heterocycles. The number of carbonyl (C=O) groups excluding carboxylic acids is 1. The number of hydrogen-bond acceptors (Lipinski definition) is 3. The van der Waals surface area contributed by atoms with Crippen molar-refractivity contribution < 1.29 is 22.4 Å². The first-order valence-electron chi connectivity index (χ1n) is 6.47. The monoisotopic (exact) mass is 390 g/mol. The van der Waals surface area contributed by atoms with E-state index < -0.39 is 61.4 Å². The second-order valence-corrected chi connectivity index (χ2v) is 5.57. The Morgan fingerprint density at radius 2 is 1.64 bits per heavy atom. The number of hydrogen-bond donors (Lipinski definition) is 0. The van der Waals surface area contributed by atoms with Crippen LogP contribution in [0.3, 0.4) is 0 Å². The molecule has 0 amide bonds. The van der Waals surface area contributed by atoms with E-state index in [1.165, 1.54) is 0 Å². The highest BCUT2D eigenvalue weighted by molar-refractivity contribution is 6.67. The first-order chi connectivity index (χ1) is 11.7. The number of rotatable bonds is 2. The fraction of sp³-hybridized carbons (Fsp3) is 0. The van der Waals surface area contributed by atoms with Crippen LogP contribution in [0.25, 0.3) is 16.7 Å². The molecule has 0 unspecified atom stereocenters. The fourth-order valence-corrected chi connectivity index (χ4v) is 2.55. The summed E-state index contributed by atoms with van der Waals surface area (Å²) in [5.41, 5.74) is -2.97. The lowest BCUT2D eigenvalue weighted by molar-refractivity contribution is 0.108. The molecule has 2 aromatic heterocycles. The Bertz CT molecular complexity index is 1090. The predicted molar refractivity (Wildman–Crippen MR) is 82.4 cm³/mol. The van der Waals surface area contributed by atoms with Gasteiger partial charge in [0.15, 0.2) is 28.3 Å². The summed E-state index contributed by atoms with van der Waals surface area (Å²) in [6, 6.07) is 1.43. The van der Waals surface area contributed by atoms with Crippen molar-refractivity contribution in [2.24, 2.45) is 0 Å². The number of nitrogens with zero attached hydrogens (tertiary/aromatic N) is 2. The van der Waals surface area contributed by atoms with Gasteiger partial charge >= 0.3 is 0 Å². The van der Waals surface area contributed by atoms with E-state index in [-0.39, 0.29) is 0 Å². The van der Waals surface area contributed by atoms with Gasteiger partial charge in [-0.05, 0) is 17.7 Å². The highest BCUT2D eigenvalue weighted by Gasteiger charge is 2.21. The summed E-state index contributed by atoms with van der Waals surface area (Å²) in [5.74, 6) is -4.97. The van der Waals surface area contributed by atoms with E-state index in [0.29, 0.717) is 22.8 Å². The van der Waals surface area contributed by atoms with Gasteiger partial charge in [-0.25, -0.2) is 22.5 Å². The first-order valence-corrected chi connectivity index (χ1v) is 7.22. The summed E-state index contributed by atoms with van der Waals surface area (Å²) in [7, 11) is 0. The average Bonchev–Trinajstić information content (AvgIpc) is 2.50. The maximum Gasteiger partial charge on any atom is 0.257 e. The molecule has 1 aromatic carbocycles. The van der Waals surface area contributed by atoms with Gasteiger partial charge in [-0.2, -0.15) is 0 Å². The smallest absolute Gasteiger partial charge is 0.257 e. The molecule has 128 valence electrons. The van der Waals surface area contributed by atoms with Crippen molar-refractivity contribution in [2.45, 2.75) is 0 Å². The summed E-state index contributed by atoms with van der Waals surface area (Å²) in [6.45, 7) is 0. The number of aromatic nitrogens is 2. The largest absolute Gasteiger partial charge is 0.295 e. The van der Waals surface area contributed by atoms with E-state index in [1.54, 1.807) is 0 Å². The molecule has 10 heteroatoms. The topological polar surface area (TPSA) is 52.0 Å². The highest BCUT2D eigenvalue weighted by Crippen LogP contribution is 2.25. The van der Waals surface area contributed by atoms with Gasteiger partial charge in [0.25, 0.3) is 5.24 Å². The van der Waals surface area contributed by atoms with Crippen LogP contribution in [0.4, 0.5) is 17.6 Å². The van der Waals surface area contributed by atoms with Crippen LogP contribution in [0.5, 0.6) is 0 Å². The van der Waals surface area contributed by atoms with Gasteiger partial charge in [0, 0.05) is 18.3 Å². The number of fused-ring (bicyclic) bond motifs is 1. The third-order valence-corrected chi connectivity index (χ3v) is 3.79. The zero-order valence-corrected chi connectivity index (χ0v) is 13.3. The molecule has 0 bridgehead atoms. The maximum absolute atomic E-state index is 14.1. The van der Waals surface area contributed by atoms with Crippen LogP contribution < -0.4 is 5.43 Å². The molecule has 0 spiro atoms. The van der Waals surface area contributed by atoms with Gasteiger partial charge in [0.05, 0.1) is 10.9 Å². The van der Waals surface area contributed by atoms with E-state index in [2.05, 4.69) is 4.98 Å². The lowest BCUT2D eigenvalue weighted by Crippen LogP contribution is -2.18. The highest BCUT2D eigenvalue weighted by atomic mass is 35.5. The van der Waals surface area contributed by atoms with Crippen molar-refractivity contribution in [2.75, 3.05) is 0 Å². The number of halogens is 6. The summed E-state index contributed by atoms with van der Waals surface area (Å²) < 4.78 is 55.6. The molecule has 0 radical (unpaired) electrons. The molecule has 0 aliphatic rings. The standard InChI is InChI=1S/C15H4Cl2F4N2O2/c16-13-10(21)3-6-12(24)7(14(17)25)4-23(15(6)22-13)11-8(19)1-5(18)2-9(11)20/h1-4H. The van der Waals surface area contributed by atoms with Crippen molar-refractivity contribution in [3.05, 3.63) is 68.6 Å². The molecule has 0 saturated carbocycles. The van der Waals surface area contributed by atoms with Gasteiger partial charge in [0.2, 0.25) is 5.43 Å². The van der Waals surface area contributed by atoms with Crippen LogP contribution in [0.1, 0.15) is 10.4 Å². The van der Waals surface area contributed by atoms with Crippen LogP contribution >= 0.6 is 23.2 Å². The van der Waals surface area contributed by atoms with Crippen molar-refractivity contribution in [1.82, 2.24) is 9.55 Å². The molecule has 0 fully saturated rings. The molecule has 2 heterocycles. The van der Waals surface area contributed by atoms with Gasteiger partial charge in [0.1, 0.15) is 11.5 Å². The molecular formula is C15H4Cl2F4N2O2. The Balaban J connectivity index is 2.55. The SMILES string of the molecule is O=C(Cl)c1cn(-c2c(F)cc(F)cc2F)c2nc(Cl)c(F)cc2c1=O. The zero-order valence-electron chi connectivity index (χ0n) is 11.8. The average molecular weight is 391 g/mol. The molecule has 3 rings (SSSR count). The third kappa shape index (κ3) is 2.87. The lowest BCUT2D eigenvalue weighted by Gasteiger charge is -2.14. The van der Waals surface area contributed by atoms with Crippen LogP contribution in [0, 0.1) is 23.3 Å². The van der Waals surface area contributed by atoms with Crippen LogP contribution in [0.2, 0.25) is 5.15 Å². The Kier molecular flexibility index (Phi) is 4.26. The number of pyridine rings is 2. The molecule has 0 aliphatic heterocycles. The summed E-state index contributed by atoms with van der Waals surface area (Å²) in [5, 5.41) is -2.40.